The summed E-state index contributed by atoms with van der Waals surface area (Å²) in [7, 11) is 1.77. The molecule has 9 heteroatoms. The van der Waals surface area contributed by atoms with Crippen LogP contribution in [-0.2, 0) is 23.4 Å². The van der Waals surface area contributed by atoms with Crippen LogP contribution in [0.5, 0.6) is 0 Å². The van der Waals surface area contributed by atoms with Gasteiger partial charge < -0.3 is 15.1 Å². The molecule has 3 aromatic rings. The second-order valence-corrected chi connectivity index (χ2v) is 9.02. The first kappa shape index (κ1) is 22.5. The lowest BCUT2D eigenvalue weighted by Crippen LogP contribution is -2.52. The van der Waals surface area contributed by atoms with Crippen molar-refractivity contribution in [1.82, 2.24) is 20.5 Å². The van der Waals surface area contributed by atoms with Crippen LogP contribution in [0.25, 0.3) is 0 Å². The highest BCUT2D eigenvalue weighted by molar-refractivity contribution is 6.08. The number of imide groups is 1. The van der Waals surface area contributed by atoms with Crippen LogP contribution in [-0.4, -0.2) is 41.3 Å². The van der Waals surface area contributed by atoms with Crippen molar-refractivity contribution in [3.63, 3.8) is 0 Å². The number of nitrogens with one attached hydrogen (secondary N) is 2. The maximum absolute atomic E-state index is 15.0. The fourth-order valence-corrected chi connectivity index (χ4v) is 4.68. The summed E-state index contributed by atoms with van der Waals surface area (Å²) in [6.45, 7) is 2.48. The SMILES string of the molecule is Cc1ccc(C2(CN3Cc4cc(N(C)Cc5cccnc5)c(F)cc4C3=O)NC(=O)NC2=O)cc1. The number of carbonyl (C=O) groups excluding carboxylic acids is 3. The molecule has 5 rings (SSSR count). The molecule has 1 saturated heterocycles. The van der Waals surface area contributed by atoms with Crippen LogP contribution < -0.4 is 15.5 Å². The standard InChI is InChI=1S/C26H24FN5O3/c1-16-5-7-19(8-6-16)26(24(34)29-25(35)30-26)15-32-14-18-10-22(21(27)11-20(18)23(32)33)31(2)13-17-4-3-9-28-12-17/h3-12H,13-15H2,1-2H3,(H2,29,30,34,35). The number of anilines is 1. The van der Waals surface area contributed by atoms with Crippen molar-refractivity contribution in [1.29, 1.82) is 0 Å². The number of urea groups is 1. The molecule has 1 atom stereocenters. The molecule has 0 aliphatic carbocycles. The smallest absolute Gasteiger partial charge is 0.322 e. The van der Waals surface area contributed by atoms with Gasteiger partial charge in [-0.25, -0.2) is 9.18 Å². The van der Waals surface area contributed by atoms with E-state index in [-0.39, 0.29) is 24.6 Å². The minimum atomic E-state index is -1.43. The predicted octanol–water partition coefficient (Wildman–Crippen LogP) is 2.86. The molecule has 1 aromatic heterocycles. The van der Waals surface area contributed by atoms with Crippen molar-refractivity contribution in [3.05, 3.63) is 94.6 Å². The second-order valence-electron chi connectivity index (χ2n) is 9.02. The Labute approximate surface area is 201 Å². The topological polar surface area (TPSA) is 94.6 Å². The summed E-state index contributed by atoms with van der Waals surface area (Å²) >= 11 is 0. The Balaban J connectivity index is 1.43. The number of amides is 4. The molecule has 0 radical (unpaired) electrons. The van der Waals surface area contributed by atoms with E-state index in [1.54, 1.807) is 42.5 Å². The quantitative estimate of drug-likeness (QED) is 0.537. The highest BCUT2D eigenvalue weighted by Crippen LogP contribution is 2.34. The molecule has 0 saturated carbocycles. The zero-order chi connectivity index (χ0) is 24.7. The Kier molecular flexibility index (Phi) is 5.47. The molecular formula is C26H24FN5O3. The lowest BCUT2D eigenvalue weighted by Gasteiger charge is -2.31. The third-order valence-corrected chi connectivity index (χ3v) is 6.52. The van der Waals surface area contributed by atoms with Gasteiger partial charge in [0, 0.05) is 38.1 Å². The van der Waals surface area contributed by atoms with Gasteiger partial charge in [0.2, 0.25) is 0 Å². The highest BCUT2D eigenvalue weighted by atomic mass is 19.1. The fourth-order valence-electron chi connectivity index (χ4n) is 4.68. The van der Waals surface area contributed by atoms with E-state index in [0.717, 1.165) is 11.1 Å². The van der Waals surface area contributed by atoms with Gasteiger partial charge in [-0.1, -0.05) is 35.9 Å². The van der Waals surface area contributed by atoms with Gasteiger partial charge in [0.25, 0.3) is 11.8 Å². The molecule has 2 aliphatic rings. The first-order chi connectivity index (χ1) is 16.8. The van der Waals surface area contributed by atoms with Gasteiger partial charge >= 0.3 is 6.03 Å². The van der Waals surface area contributed by atoms with Crippen LogP contribution in [0.3, 0.4) is 0 Å². The van der Waals surface area contributed by atoms with Crippen molar-refractivity contribution in [2.45, 2.75) is 25.6 Å². The van der Waals surface area contributed by atoms with Gasteiger partial charge in [0.05, 0.1) is 12.2 Å². The Morgan fingerprint density at radius 3 is 2.57 bits per heavy atom. The van der Waals surface area contributed by atoms with E-state index in [1.165, 1.54) is 11.0 Å². The molecular weight excluding hydrogens is 449 g/mol. The Bertz CT molecular complexity index is 1330. The average Bonchev–Trinajstić information content (AvgIpc) is 3.29. The summed E-state index contributed by atoms with van der Waals surface area (Å²) in [6, 6.07) is 13.2. The van der Waals surface area contributed by atoms with Gasteiger partial charge in [0.15, 0.2) is 5.54 Å². The van der Waals surface area contributed by atoms with E-state index >= 15 is 4.39 Å². The molecule has 0 bridgehead atoms. The fraction of sp³-hybridized carbons (Fsp3) is 0.231. The third-order valence-electron chi connectivity index (χ3n) is 6.52. The summed E-state index contributed by atoms with van der Waals surface area (Å²) in [4.78, 5) is 45.6. The second kappa shape index (κ2) is 8.50. The van der Waals surface area contributed by atoms with Gasteiger partial charge in [-0.3, -0.25) is 19.9 Å². The Hall–Kier alpha value is -4.27. The van der Waals surface area contributed by atoms with Crippen molar-refractivity contribution < 1.29 is 18.8 Å². The summed E-state index contributed by atoms with van der Waals surface area (Å²) < 4.78 is 15.0. The third kappa shape index (κ3) is 3.99. The maximum Gasteiger partial charge on any atom is 0.322 e. The van der Waals surface area contributed by atoms with Crippen LogP contribution >= 0.6 is 0 Å². The summed E-state index contributed by atoms with van der Waals surface area (Å²) in [6.07, 6.45) is 3.40. The molecule has 3 heterocycles. The number of aryl methyl sites for hydroxylation is 1. The van der Waals surface area contributed by atoms with Crippen LogP contribution in [0.4, 0.5) is 14.9 Å². The zero-order valence-corrected chi connectivity index (χ0v) is 19.3. The van der Waals surface area contributed by atoms with Gasteiger partial charge in [-0.2, -0.15) is 0 Å². The number of halogens is 1. The predicted molar refractivity (Wildman–Crippen MR) is 127 cm³/mol. The largest absolute Gasteiger partial charge is 0.368 e. The number of pyridine rings is 1. The lowest BCUT2D eigenvalue weighted by atomic mass is 9.88. The van der Waals surface area contributed by atoms with Gasteiger partial charge in [0.1, 0.15) is 5.82 Å². The van der Waals surface area contributed by atoms with E-state index in [4.69, 9.17) is 0 Å². The van der Waals surface area contributed by atoms with Crippen LogP contribution in [0.2, 0.25) is 0 Å². The molecule has 35 heavy (non-hydrogen) atoms. The molecule has 1 unspecified atom stereocenters. The summed E-state index contributed by atoms with van der Waals surface area (Å²) in [5.41, 5.74) is 2.34. The van der Waals surface area contributed by atoms with Crippen LogP contribution in [0.1, 0.15) is 32.6 Å². The van der Waals surface area contributed by atoms with Crippen molar-refractivity contribution in [2.75, 3.05) is 18.5 Å². The van der Waals surface area contributed by atoms with E-state index < -0.39 is 23.3 Å². The highest BCUT2D eigenvalue weighted by Gasteiger charge is 2.50. The number of fused-ring (bicyclic) bond motifs is 1. The van der Waals surface area contributed by atoms with Crippen LogP contribution in [0, 0.1) is 12.7 Å². The number of benzene rings is 2. The summed E-state index contributed by atoms with van der Waals surface area (Å²) in [5, 5.41) is 5.00. The molecule has 2 aliphatic heterocycles. The molecule has 2 aromatic carbocycles. The number of aromatic nitrogens is 1. The van der Waals surface area contributed by atoms with E-state index in [9.17, 15) is 14.4 Å². The molecule has 2 N–H and O–H groups in total. The Morgan fingerprint density at radius 1 is 1.14 bits per heavy atom. The van der Waals surface area contributed by atoms with Crippen molar-refractivity contribution >= 4 is 23.5 Å². The minimum Gasteiger partial charge on any atom is -0.368 e. The number of carbonyl (C=O) groups is 3. The number of rotatable bonds is 6. The normalized spacial score (nSPS) is 18.9. The zero-order valence-electron chi connectivity index (χ0n) is 19.3. The molecule has 178 valence electrons. The average molecular weight is 474 g/mol. The Morgan fingerprint density at radius 2 is 1.91 bits per heavy atom. The molecule has 1 fully saturated rings. The first-order valence-electron chi connectivity index (χ1n) is 11.2. The number of nitrogens with zero attached hydrogens (tertiary/aromatic N) is 3. The summed E-state index contributed by atoms with van der Waals surface area (Å²) in [5.74, 6) is -1.43. The van der Waals surface area contributed by atoms with Crippen molar-refractivity contribution in [3.8, 4) is 0 Å². The lowest BCUT2D eigenvalue weighted by molar-refractivity contribution is -0.124. The first-order valence-corrected chi connectivity index (χ1v) is 11.2. The molecule has 4 amide bonds. The minimum absolute atomic E-state index is 0.0797. The number of hydrogen-bond donors (Lipinski definition) is 2. The van der Waals surface area contributed by atoms with Crippen molar-refractivity contribution in [2.24, 2.45) is 0 Å². The molecule has 0 spiro atoms. The van der Waals surface area contributed by atoms with E-state index in [1.807, 2.05) is 31.2 Å². The van der Waals surface area contributed by atoms with E-state index in [2.05, 4.69) is 15.6 Å². The van der Waals surface area contributed by atoms with Gasteiger partial charge in [-0.15, -0.1) is 0 Å². The van der Waals surface area contributed by atoms with Crippen LogP contribution in [0.15, 0.2) is 60.9 Å². The monoisotopic (exact) mass is 473 g/mol. The maximum atomic E-state index is 15.0. The molecule has 8 nitrogen and oxygen atoms in total. The number of hydrogen-bond acceptors (Lipinski definition) is 5. The van der Waals surface area contributed by atoms with E-state index in [0.29, 0.717) is 23.4 Å². The van der Waals surface area contributed by atoms with Gasteiger partial charge in [-0.05, 0) is 41.8 Å².